The summed E-state index contributed by atoms with van der Waals surface area (Å²) < 4.78 is 16.9. The lowest BCUT2D eigenvalue weighted by molar-refractivity contribution is -0.167. The SMILES string of the molecule is CC(C)CCCCCCCCCCCCCCCCCCCCC(=O)OC[C@@H](COC(=O)CCCCCCCCCCCCCCCC(C)C)OC(=O)CCCCCCCCCCC(C)C. The third-order valence-corrected chi connectivity index (χ3v) is 13.6. The summed E-state index contributed by atoms with van der Waals surface area (Å²) in [6, 6.07) is 0. The Balaban J connectivity index is 4.21. The maximum absolute atomic E-state index is 12.8. The van der Waals surface area contributed by atoms with Gasteiger partial charge in [0.15, 0.2) is 6.10 Å². The van der Waals surface area contributed by atoms with Gasteiger partial charge in [0.05, 0.1) is 0 Å². The molecule has 0 heterocycles. The molecule has 66 heavy (non-hydrogen) atoms. The number of carbonyl (C=O) groups is 3. The molecule has 392 valence electrons. The predicted molar refractivity (Wildman–Crippen MR) is 284 cm³/mol. The number of ether oxygens (including phenoxy) is 3. The van der Waals surface area contributed by atoms with E-state index < -0.39 is 6.10 Å². The molecule has 6 heteroatoms. The van der Waals surface area contributed by atoms with Crippen LogP contribution in [0.5, 0.6) is 0 Å². The molecule has 0 aliphatic heterocycles. The molecule has 0 bridgehead atoms. The first-order chi connectivity index (χ1) is 32.1. The number of esters is 3. The number of rotatable bonds is 53. The summed E-state index contributed by atoms with van der Waals surface area (Å²) in [5.41, 5.74) is 0. The van der Waals surface area contributed by atoms with Gasteiger partial charge in [-0.1, -0.05) is 292 Å². The van der Waals surface area contributed by atoms with E-state index in [9.17, 15) is 14.4 Å². The first-order valence-corrected chi connectivity index (χ1v) is 29.6. The van der Waals surface area contributed by atoms with Crippen molar-refractivity contribution in [2.75, 3.05) is 13.2 Å². The fraction of sp³-hybridized carbons (Fsp3) is 0.950. The number of hydrogen-bond donors (Lipinski definition) is 0. The van der Waals surface area contributed by atoms with Crippen molar-refractivity contribution in [2.45, 2.75) is 337 Å². The van der Waals surface area contributed by atoms with Gasteiger partial charge in [-0.2, -0.15) is 0 Å². The molecule has 0 aliphatic carbocycles. The van der Waals surface area contributed by atoms with Gasteiger partial charge >= 0.3 is 17.9 Å². The van der Waals surface area contributed by atoms with Crippen LogP contribution in [-0.4, -0.2) is 37.2 Å². The minimum atomic E-state index is -0.764. The highest BCUT2D eigenvalue weighted by Crippen LogP contribution is 2.19. The zero-order chi connectivity index (χ0) is 48.4. The maximum Gasteiger partial charge on any atom is 0.306 e. The lowest BCUT2D eigenvalue weighted by atomic mass is 10.0. The van der Waals surface area contributed by atoms with E-state index in [0.29, 0.717) is 19.3 Å². The molecule has 0 unspecified atom stereocenters. The molecule has 0 saturated carbocycles. The standard InChI is InChI=1S/C60H116O6/c1-54(2)46-40-34-28-22-18-14-11-9-7-8-10-12-16-20-24-31-37-43-49-58(61)64-52-57(66-60(63)51-45-39-33-27-26-30-36-42-48-56(5)6)53-65-59(62)50-44-38-32-25-21-17-13-15-19-23-29-35-41-47-55(3)4/h54-57H,7-53H2,1-6H3/t57-/m0/s1. The number of hydrogen-bond acceptors (Lipinski definition) is 6. The Bertz CT molecular complexity index is 1020. The van der Waals surface area contributed by atoms with Crippen molar-refractivity contribution in [2.24, 2.45) is 17.8 Å². The minimum Gasteiger partial charge on any atom is -0.462 e. The van der Waals surface area contributed by atoms with E-state index in [1.807, 2.05) is 0 Å². The van der Waals surface area contributed by atoms with Crippen molar-refractivity contribution in [1.82, 2.24) is 0 Å². The molecule has 0 aromatic heterocycles. The summed E-state index contributed by atoms with van der Waals surface area (Å²) in [7, 11) is 0. The van der Waals surface area contributed by atoms with Crippen LogP contribution in [0.1, 0.15) is 330 Å². The fourth-order valence-electron chi connectivity index (χ4n) is 9.18. The van der Waals surface area contributed by atoms with Crippen molar-refractivity contribution in [3.63, 3.8) is 0 Å². The van der Waals surface area contributed by atoms with E-state index in [4.69, 9.17) is 14.2 Å². The second-order valence-corrected chi connectivity index (χ2v) is 22.1. The second kappa shape index (κ2) is 51.3. The molecule has 0 radical (unpaired) electrons. The van der Waals surface area contributed by atoms with E-state index in [0.717, 1.165) is 75.5 Å². The van der Waals surface area contributed by atoms with Crippen LogP contribution >= 0.6 is 0 Å². The Morgan fingerprint density at radius 1 is 0.258 bits per heavy atom. The van der Waals surface area contributed by atoms with Crippen LogP contribution in [-0.2, 0) is 28.6 Å². The van der Waals surface area contributed by atoms with Crippen molar-refractivity contribution >= 4 is 17.9 Å². The minimum absolute atomic E-state index is 0.0638. The van der Waals surface area contributed by atoms with Crippen molar-refractivity contribution in [3.8, 4) is 0 Å². The van der Waals surface area contributed by atoms with Gasteiger partial charge in [0.1, 0.15) is 13.2 Å². The van der Waals surface area contributed by atoms with Gasteiger partial charge in [0, 0.05) is 19.3 Å². The zero-order valence-corrected chi connectivity index (χ0v) is 45.5. The van der Waals surface area contributed by atoms with Crippen LogP contribution in [0.3, 0.4) is 0 Å². The first-order valence-electron chi connectivity index (χ1n) is 29.6. The van der Waals surface area contributed by atoms with E-state index in [1.165, 1.54) is 212 Å². The molecule has 0 aliphatic rings. The van der Waals surface area contributed by atoms with Gasteiger partial charge in [-0.15, -0.1) is 0 Å². The average molecular weight is 934 g/mol. The molecular formula is C60H116O6. The van der Waals surface area contributed by atoms with Gasteiger partial charge < -0.3 is 14.2 Å². The Hall–Kier alpha value is -1.59. The quantitative estimate of drug-likeness (QED) is 0.0343. The molecule has 0 aromatic carbocycles. The molecule has 0 aromatic rings. The third-order valence-electron chi connectivity index (χ3n) is 13.6. The number of unbranched alkanes of at least 4 members (excludes halogenated alkanes) is 36. The lowest BCUT2D eigenvalue weighted by Crippen LogP contribution is -2.30. The summed E-state index contributed by atoms with van der Waals surface area (Å²) in [6.07, 6.45) is 53.9. The largest absolute Gasteiger partial charge is 0.462 e. The summed E-state index contributed by atoms with van der Waals surface area (Å²) >= 11 is 0. The van der Waals surface area contributed by atoms with Crippen molar-refractivity contribution in [1.29, 1.82) is 0 Å². The lowest BCUT2D eigenvalue weighted by Gasteiger charge is -2.18. The monoisotopic (exact) mass is 933 g/mol. The first kappa shape index (κ1) is 64.4. The van der Waals surface area contributed by atoms with Crippen LogP contribution < -0.4 is 0 Å². The third kappa shape index (κ3) is 53.4. The molecule has 0 spiro atoms. The number of carbonyl (C=O) groups excluding carboxylic acids is 3. The van der Waals surface area contributed by atoms with Gasteiger partial charge in [-0.25, -0.2) is 0 Å². The molecule has 1 atom stereocenters. The summed E-state index contributed by atoms with van der Waals surface area (Å²) in [4.78, 5) is 38.1. The summed E-state index contributed by atoms with van der Waals surface area (Å²) in [5, 5.41) is 0. The summed E-state index contributed by atoms with van der Waals surface area (Å²) in [5.74, 6) is 1.65. The van der Waals surface area contributed by atoms with Crippen molar-refractivity contribution < 1.29 is 28.6 Å². The Kier molecular flexibility index (Phi) is 50.0. The van der Waals surface area contributed by atoms with E-state index in [-0.39, 0.29) is 31.1 Å². The van der Waals surface area contributed by atoms with Crippen LogP contribution in [0.4, 0.5) is 0 Å². The second-order valence-electron chi connectivity index (χ2n) is 22.1. The van der Waals surface area contributed by atoms with Crippen LogP contribution in [0.25, 0.3) is 0 Å². The van der Waals surface area contributed by atoms with Crippen LogP contribution in [0, 0.1) is 17.8 Å². The Morgan fingerprint density at radius 3 is 0.652 bits per heavy atom. The Labute approximate surface area is 412 Å². The molecule has 0 rings (SSSR count). The zero-order valence-electron chi connectivity index (χ0n) is 45.5. The fourth-order valence-corrected chi connectivity index (χ4v) is 9.18. The van der Waals surface area contributed by atoms with E-state index >= 15 is 0 Å². The normalized spacial score (nSPS) is 12.1. The molecule has 0 N–H and O–H groups in total. The Morgan fingerprint density at radius 2 is 0.439 bits per heavy atom. The van der Waals surface area contributed by atoms with Crippen LogP contribution in [0.2, 0.25) is 0 Å². The van der Waals surface area contributed by atoms with Gasteiger partial charge in [0.25, 0.3) is 0 Å². The predicted octanol–water partition coefficient (Wildman–Crippen LogP) is 19.5. The molecule has 0 saturated heterocycles. The smallest absolute Gasteiger partial charge is 0.306 e. The summed E-state index contributed by atoms with van der Waals surface area (Å²) in [6.45, 7) is 13.7. The van der Waals surface area contributed by atoms with Gasteiger partial charge in [-0.3, -0.25) is 14.4 Å². The highest BCUT2D eigenvalue weighted by Gasteiger charge is 2.19. The van der Waals surface area contributed by atoms with Gasteiger partial charge in [-0.05, 0) is 37.0 Å². The molecule has 0 amide bonds. The highest BCUT2D eigenvalue weighted by atomic mass is 16.6. The highest BCUT2D eigenvalue weighted by molar-refractivity contribution is 5.71. The van der Waals surface area contributed by atoms with Crippen LogP contribution in [0.15, 0.2) is 0 Å². The molecular weight excluding hydrogens is 817 g/mol. The van der Waals surface area contributed by atoms with E-state index in [1.54, 1.807) is 0 Å². The molecule has 0 fully saturated rings. The maximum atomic E-state index is 12.8. The van der Waals surface area contributed by atoms with Gasteiger partial charge in [0.2, 0.25) is 0 Å². The van der Waals surface area contributed by atoms with E-state index in [2.05, 4.69) is 41.5 Å². The topological polar surface area (TPSA) is 78.9 Å². The van der Waals surface area contributed by atoms with Crippen molar-refractivity contribution in [3.05, 3.63) is 0 Å². The average Bonchev–Trinajstić information content (AvgIpc) is 3.28. The molecule has 6 nitrogen and oxygen atoms in total.